The number of nitrogens with one attached hydrogen (secondary N) is 1. The number of anilines is 2. The Hall–Kier alpha value is -4.17. The van der Waals surface area contributed by atoms with E-state index in [1.165, 1.54) is 18.2 Å². The molecule has 2 saturated heterocycles. The summed E-state index contributed by atoms with van der Waals surface area (Å²) in [5.74, 6) is -0.662. The quantitative estimate of drug-likeness (QED) is 0.418. The van der Waals surface area contributed by atoms with Crippen LogP contribution in [-0.4, -0.2) is 72.5 Å². The van der Waals surface area contributed by atoms with Crippen LogP contribution in [0.5, 0.6) is 5.75 Å². The Bertz CT molecular complexity index is 1400. The molecule has 8 heteroatoms. The van der Waals surface area contributed by atoms with E-state index in [4.69, 9.17) is 0 Å². The summed E-state index contributed by atoms with van der Waals surface area (Å²) in [6, 6.07) is 19.1. The molecule has 0 aromatic heterocycles. The van der Waals surface area contributed by atoms with Crippen molar-refractivity contribution in [2.24, 2.45) is 5.92 Å². The molecule has 2 fully saturated rings. The highest BCUT2D eigenvalue weighted by molar-refractivity contribution is 5.94. The maximum atomic E-state index is 13.7. The van der Waals surface area contributed by atoms with Crippen molar-refractivity contribution in [3.63, 3.8) is 0 Å². The van der Waals surface area contributed by atoms with E-state index in [0.717, 1.165) is 29.9 Å². The van der Waals surface area contributed by atoms with Crippen LogP contribution in [0, 0.1) is 11.7 Å². The standard InChI is InChI=1S/C32H35FN4O3/c1-22(2)23-6-9-28(10-7-23)36-14-16-37(17-15-36)31(39)21-35-13-12-25(20-35)32(40)34-27-8-11-30(38)29(19-27)24-4-3-5-26(33)18-24/h3-11,18-19,25,38H,1,12-17,20-21H2,2H3,(H,34,40)/t25-/m1/s1. The number of aromatic hydroxyl groups is 1. The molecule has 3 aromatic rings. The largest absolute Gasteiger partial charge is 0.507 e. The van der Waals surface area contributed by atoms with E-state index >= 15 is 0 Å². The van der Waals surface area contributed by atoms with Gasteiger partial charge in [-0.25, -0.2) is 4.39 Å². The van der Waals surface area contributed by atoms with Gasteiger partial charge in [0.15, 0.2) is 0 Å². The van der Waals surface area contributed by atoms with Gasteiger partial charge in [0.1, 0.15) is 11.6 Å². The first-order valence-electron chi connectivity index (χ1n) is 13.7. The van der Waals surface area contributed by atoms with Gasteiger partial charge < -0.3 is 20.2 Å². The predicted octanol–water partition coefficient (Wildman–Crippen LogP) is 4.84. The number of hydrogen-bond donors (Lipinski definition) is 2. The summed E-state index contributed by atoms with van der Waals surface area (Å²) in [6.07, 6.45) is 0.669. The molecule has 3 aromatic carbocycles. The van der Waals surface area contributed by atoms with Gasteiger partial charge in [0.05, 0.1) is 12.5 Å². The molecule has 0 radical (unpaired) electrons. The average Bonchev–Trinajstić information content (AvgIpc) is 3.43. The molecule has 0 aliphatic carbocycles. The Morgan fingerprint density at radius 1 is 1.00 bits per heavy atom. The van der Waals surface area contributed by atoms with Crippen LogP contribution in [0.25, 0.3) is 16.7 Å². The average molecular weight is 543 g/mol. The molecule has 40 heavy (non-hydrogen) atoms. The first-order valence-corrected chi connectivity index (χ1v) is 13.7. The Morgan fingerprint density at radius 2 is 1.75 bits per heavy atom. The van der Waals surface area contributed by atoms with Crippen LogP contribution in [0.2, 0.25) is 0 Å². The van der Waals surface area contributed by atoms with E-state index in [-0.39, 0.29) is 23.5 Å². The Kier molecular flexibility index (Phi) is 8.16. The maximum absolute atomic E-state index is 13.7. The fourth-order valence-electron chi connectivity index (χ4n) is 5.40. The van der Waals surface area contributed by atoms with Gasteiger partial charge in [-0.15, -0.1) is 0 Å². The van der Waals surface area contributed by atoms with Crippen molar-refractivity contribution < 1.29 is 19.1 Å². The minimum Gasteiger partial charge on any atom is -0.507 e. The number of likely N-dealkylation sites (tertiary alicyclic amines) is 1. The van der Waals surface area contributed by atoms with Gasteiger partial charge in [0.2, 0.25) is 11.8 Å². The van der Waals surface area contributed by atoms with Gasteiger partial charge in [0.25, 0.3) is 0 Å². The van der Waals surface area contributed by atoms with E-state index in [9.17, 15) is 19.1 Å². The highest BCUT2D eigenvalue weighted by Crippen LogP contribution is 2.32. The van der Waals surface area contributed by atoms with Gasteiger partial charge in [-0.2, -0.15) is 0 Å². The zero-order valence-electron chi connectivity index (χ0n) is 22.8. The topological polar surface area (TPSA) is 76.1 Å². The number of hydrogen-bond acceptors (Lipinski definition) is 5. The molecule has 2 aliphatic heterocycles. The van der Waals surface area contributed by atoms with Crippen molar-refractivity contribution in [3.8, 4) is 16.9 Å². The lowest BCUT2D eigenvalue weighted by Crippen LogP contribution is -2.51. The molecule has 208 valence electrons. The summed E-state index contributed by atoms with van der Waals surface area (Å²) in [4.78, 5) is 32.3. The first-order chi connectivity index (χ1) is 19.3. The highest BCUT2D eigenvalue weighted by atomic mass is 19.1. The van der Waals surface area contributed by atoms with Crippen molar-refractivity contribution in [2.75, 3.05) is 56.0 Å². The van der Waals surface area contributed by atoms with E-state index in [0.29, 0.717) is 56.0 Å². The predicted molar refractivity (Wildman–Crippen MR) is 157 cm³/mol. The van der Waals surface area contributed by atoms with Crippen molar-refractivity contribution in [3.05, 3.63) is 84.7 Å². The van der Waals surface area contributed by atoms with Gasteiger partial charge >= 0.3 is 0 Å². The summed E-state index contributed by atoms with van der Waals surface area (Å²) < 4.78 is 13.7. The van der Waals surface area contributed by atoms with Crippen LogP contribution >= 0.6 is 0 Å². The van der Waals surface area contributed by atoms with Gasteiger partial charge in [-0.05, 0) is 73.5 Å². The van der Waals surface area contributed by atoms with Gasteiger partial charge in [-0.3, -0.25) is 14.5 Å². The third-order valence-corrected chi connectivity index (χ3v) is 7.76. The van der Waals surface area contributed by atoms with Crippen molar-refractivity contribution in [1.29, 1.82) is 0 Å². The SMILES string of the molecule is C=C(C)c1ccc(N2CCN(C(=O)CN3CC[C@@H](C(=O)Nc4ccc(O)c(-c5cccc(F)c5)c4)C3)CC2)cc1. The third kappa shape index (κ3) is 6.34. The molecular formula is C32H35FN4O3. The lowest BCUT2D eigenvalue weighted by Gasteiger charge is -2.36. The third-order valence-electron chi connectivity index (χ3n) is 7.76. The number of phenolic OH excluding ortho intramolecular Hbond substituents is 1. The number of rotatable bonds is 7. The fourth-order valence-corrected chi connectivity index (χ4v) is 5.40. The first kappa shape index (κ1) is 27.4. The zero-order chi connectivity index (χ0) is 28.2. The monoisotopic (exact) mass is 542 g/mol. The van der Waals surface area contributed by atoms with E-state index in [1.807, 2.05) is 16.7 Å². The molecule has 1 atom stereocenters. The molecule has 0 unspecified atom stereocenters. The number of allylic oxidation sites excluding steroid dienone is 1. The van der Waals surface area contributed by atoms with Crippen LogP contribution in [0.3, 0.4) is 0 Å². The lowest BCUT2D eigenvalue weighted by atomic mass is 10.0. The Balaban J connectivity index is 1.10. The smallest absolute Gasteiger partial charge is 0.236 e. The molecule has 7 nitrogen and oxygen atoms in total. The molecule has 2 amide bonds. The van der Waals surface area contributed by atoms with Crippen LogP contribution in [0.4, 0.5) is 15.8 Å². The van der Waals surface area contributed by atoms with Gasteiger partial charge in [0, 0.05) is 49.7 Å². The number of piperazine rings is 1. The molecule has 2 N–H and O–H groups in total. The fraction of sp³-hybridized carbons (Fsp3) is 0.312. The van der Waals surface area contributed by atoms with E-state index in [1.54, 1.807) is 24.3 Å². The second-order valence-electron chi connectivity index (χ2n) is 10.6. The van der Waals surface area contributed by atoms with Crippen molar-refractivity contribution in [2.45, 2.75) is 13.3 Å². The Morgan fingerprint density at radius 3 is 2.45 bits per heavy atom. The minimum atomic E-state index is -0.401. The molecule has 5 rings (SSSR count). The normalized spacial score (nSPS) is 17.6. The second kappa shape index (κ2) is 11.9. The lowest BCUT2D eigenvalue weighted by molar-refractivity contribution is -0.132. The van der Waals surface area contributed by atoms with Crippen LogP contribution in [0.1, 0.15) is 18.9 Å². The van der Waals surface area contributed by atoms with Crippen molar-refractivity contribution in [1.82, 2.24) is 9.80 Å². The molecule has 0 spiro atoms. The number of amides is 2. The summed E-state index contributed by atoms with van der Waals surface area (Å²) in [7, 11) is 0. The maximum Gasteiger partial charge on any atom is 0.236 e. The van der Waals surface area contributed by atoms with Crippen molar-refractivity contribution >= 4 is 28.8 Å². The molecular weight excluding hydrogens is 507 g/mol. The Labute approximate surface area is 234 Å². The van der Waals surface area contributed by atoms with Crippen LogP contribution in [-0.2, 0) is 9.59 Å². The summed E-state index contributed by atoms with van der Waals surface area (Å²) in [5.41, 5.74) is 4.83. The number of carbonyl (C=O) groups excluding carboxylic acids is 2. The zero-order valence-corrected chi connectivity index (χ0v) is 22.8. The molecule has 2 heterocycles. The van der Waals surface area contributed by atoms with Gasteiger partial charge in [-0.1, -0.05) is 36.4 Å². The minimum absolute atomic E-state index is 0.00988. The molecule has 0 bridgehead atoms. The number of phenols is 1. The summed E-state index contributed by atoms with van der Waals surface area (Å²) in [6.45, 7) is 10.4. The number of halogens is 1. The highest BCUT2D eigenvalue weighted by Gasteiger charge is 2.31. The summed E-state index contributed by atoms with van der Waals surface area (Å²) in [5, 5.41) is 13.2. The summed E-state index contributed by atoms with van der Waals surface area (Å²) >= 11 is 0. The van der Waals surface area contributed by atoms with E-state index in [2.05, 4.69) is 41.1 Å². The van der Waals surface area contributed by atoms with Crippen LogP contribution < -0.4 is 10.2 Å². The number of benzene rings is 3. The van der Waals surface area contributed by atoms with E-state index < -0.39 is 5.82 Å². The number of carbonyl (C=O) groups is 2. The second-order valence-corrected chi connectivity index (χ2v) is 10.6. The number of nitrogens with zero attached hydrogens (tertiary/aromatic N) is 3. The molecule has 2 aliphatic rings. The molecule has 0 saturated carbocycles. The van der Waals surface area contributed by atoms with Crippen LogP contribution in [0.15, 0.2) is 73.3 Å².